The van der Waals surface area contributed by atoms with Gasteiger partial charge in [-0.15, -0.1) is 0 Å². The van der Waals surface area contributed by atoms with Crippen LogP contribution in [0.5, 0.6) is 0 Å². The Balaban J connectivity index is 2.17. The second-order valence-corrected chi connectivity index (χ2v) is 6.11. The van der Waals surface area contributed by atoms with E-state index in [9.17, 15) is 9.90 Å². The molecule has 22 heavy (non-hydrogen) atoms. The lowest BCUT2D eigenvalue weighted by Crippen LogP contribution is -2.39. The molecule has 1 atom stereocenters. The Hall–Kier alpha value is -2.14. The summed E-state index contributed by atoms with van der Waals surface area (Å²) in [6, 6.07) is 15.7. The number of hydrogen-bond acceptors (Lipinski definition) is 3. The SMILES string of the molecule is CC1=Nc2ccc(Br)cc2[C@@H](c2ccccc2)N1CC(=O)O. The quantitative estimate of drug-likeness (QED) is 0.902. The Morgan fingerprint density at radius 2 is 2.00 bits per heavy atom. The van der Waals surface area contributed by atoms with Gasteiger partial charge in [-0.25, -0.2) is 4.99 Å². The molecule has 4 nitrogen and oxygen atoms in total. The van der Waals surface area contributed by atoms with Gasteiger partial charge in [-0.2, -0.15) is 0 Å². The van der Waals surface area contributed by atoms with Crippen LogP contribution in [-0.2, 0) is 4.79 Å². The van der Waals surface area contributed by atoms with E-state index in [-0.39, 0.29) is 12.6 Å². The summed E-state index contributed by atoms with van der Waals surface area (Å²) >= 11 is 3.49. The summed E-state index contributed by atoms with van der Waals surface area (Å²) in [5, 5.41) is 9.24. The van der Waals surface area contributed by atoms with Crippen LogP contribution < -0.4 is 0 Å². The van der Waals surface area contributed by atoms with Crippen molar-refractivity contribution >= 4 is 33.4 Å². The fourth-order valence-corrected chi connectivity index (χ4v) is 3.16. The van der Waals surface area contributed by atoms with Crippen molar-refractivity contribution in [2.45, 2.75) is 13.0 Å². The van der Waals surface area contributed by atoms with E-state index in [1.54, 1.807) is 0 Å². The summed E-state index contributed by atoms with van der Waals surface area (Å²) in [5.41, 5.74) is 2.95. The first-order chi connectivity index (χ1) is 10.6. The van der Waals surface area contributed by atoms with Crippen LogP contribution in [0.2, 0.25) is 0 Å². The minimum atomic E-state index is -0.867. The van der Waals surface area contributed by atoms with Crippen molar-refractivity contribution in [3.05, 3.63) is 64.1 Å². The van der Waals surface area contributed by atoms with Crippen LogP contribution in [-0.4, -0.2) is 28.4 Å². The lowest BCUT2D eigenvalue weighted by atomic mass is 9.94. The lowest BCUT2D eigenvalue weighted by Gasteiger charge is -2.36. The summed E-state index contributed by atoms with van der Waals surface area (Å²) in [5.74, 6) is -0.153. The fraction of sp³-hybridized carbons (Fsp3) is 0.176. The number of hydrogen-bond donors (Lipinski definition) is 1. The zero-order valence-electron chi connectivity index (χ0n) is 12.0. The van der Waals surface area contributed by atoms with Gasteiger partial charge in [-0.3, -0.25) is 4.79 Å². The second kappa shape index (κ2) is 5.93. The molecule has 1 aliphatic heterocycles. The molecule has 0 unspecified atom stereocenters. The van der Waals surface area contributed by atoms with Crippen LogP contribution in [0.4, 0.5) is 5.69 Å². The van der Waals surface area contributed by atoms with E-state index in [2.05, 4.69) is 20.9 Å². The average molecular weight is 359 g/mol. The maximum Gasteiger partial charge on any atom is 0.323 e. The standard InChI is InChI=1S/C17H15BrN2O2/c1-11-19-15-8-7-13(18)9-14(15)17(20(11)10-16(21)22)12-5-3-2-4-6-12/h2-9,17H,10H2,1H3,(H,21,22)/t17-/m1/s1. The van der Waals surface area contributed by atoms with Crippen molar-refractivity contribution in [2.75, 3.05) is 6.54 Å². The number of halogens is 1. The highest BCUT2D eigenvalue weighted by Gasteiger charge is 2.30. The highest BCUT2D eigenvalue weighted by Crippen LogP contribution is 2.40. The summed E-state index contributed by atoms with van der Waals surface area (Å²) in [4.78, 5) is 17.6. The number of rotatable bonds is 3. The molecule has 2 aromatic carbocycles. The van der Waals surface area contributed by atoms with Gasteiger partial charge >= 0.3 is 5.97 Å². The Labute approximate surface area is 137 Å². The summed E-state index contributed by atoms with van der Waals surface area (Å²) < 4.78 is 0.956. The van der Waals surface area contributed by atoms with Crippen LogP contribution in [0.15, 0.2) is 58.0 Å². The average Bonchev–Trinajstić information content (AvgIpc) is 2.49. The van der Waals surface area contributed by atoms with Gasteiger partial charge in [0.1, 0.15) is 12.4 Å². The molecule has 5 heteroatoms. The Bertz CT molecular complexity index is 744. The van der Waals surface area contributed by atoms with E-state index in [1.807, 2.05) is 60.4 Å². The van der Waals surface area contributed by atoms with Gasteiger partial charge in [0.05, 0.1) is 11.7 Å². The first kappa shape index (κ1) is 14.8. The van der Waals surface area contributed by atoms with Gasteiger partial charge < -0.3 is 10.0 Å². The van der Waals surface area contributed by atoms with Crippen LogP contribution in [0.1, 0.15) is 24.1 Å². The highest BCUT2D eigenvalue weighted by molar-refractivity contribution is 9.10. The van der Waals surface area contributed by atoms with Gasteiger partial charge in [0.25, 0.3) is 0 Å². The number of amidine groups is 1. The molecule has 1 N–H and O–H groups in total. The zero-order valence-corrected chi connectivity index (χ0v) is 13.6. The van der Waals surface area contributed by atoms with Crippen LogP contribution in [0.25, 0.3) is 0 Å². The molecule has 0 saturated carbocycles. The van der Waals surface area contributed by atoms with Crippen molar-refractivity contribution in [1.29, 1.82) is 0 Å². The minimum absolute atomic E-state index is 0.0825. The molecule has 1 aliphatic rings. The first-order valence-corrected chi connectivity index (χ1v) is 7.73. The fourth-order valence-electron chi connectivity index (χ4n) is 2.79. The summed E-state index contributed by atoms with van der Waals surface area (Å²) in [6.07, 6.45) is 0. The van der Waals surface area contributed by atoms with Crippen molar-refractivity contribution in [3.63, 3.8) is 0 Å². The maximum atomic E-state index is 11.3. The molecule has 0 saturated heterocycles. The normalized spacial score (nSPS) is 16.9. The van der Waals surface area contributed by atoms with Crippen molar-refractivity contribution in [2.24, 2.45) is 4.99 Å². The Kier molecular flexibility index (Phi) is 3.98. The van der Waals surface area contributed by atoms with E-state index in [1.165, 1.54) is 0 Å². The highest BCUT2D eigenvalue weighted by atomic mass is 79.9. The molecule has 1 heterocycles. The van der Waals surface area contributed by atoms with Crippen LogP contribution >= 0.6 is 15.9 Å². The number of benzene rings is 2. The molecule has 0 fully saturated rings. The largest absolute Gasteiger partial charge is 0.480 e. The molecule has 0 amide bonds. The van der Waals surface area contributed by atoms with Gasteiger partial charge in [0.15, 0.2) is 0 Å². The number of aliphatic imine (C=N–C) groups is 1. The number of nitrogens with zero attached hydrogens (tertiary/aromatic N) is 2. The first-order valence-electron chi connectivity index (χ1n) is 6.94. The number of carbonyl (C=O) groups is 1. The van der Waals surface area contributed by atoms with Crippen molar-refractivity contribution in [1.82, 2.24) is 4.90 Å². The number of aliphatic carboxylic acids is 1. The van der Waals surface area contributed by atoms with Crippen LogP contribution in [0.3, 0.4) is 0 Å². The number of carboxylic acid groups (broad SMARTS) is 1. The van der Waals surface area contributed by atoms with Crippen molar-refractivity contribution in [3.8, 4) is 0 Å². The van der Waals surface area contributed by atoms with E-state index < -0.39 is 5.97 Å². The molecule has 3 rings (SSSR count). The topological polar surface area (TPSA) is 52.9 Å². The number of fused-ring (bicyclic) bond motifs is 1. The van der Waals surface area contributed by atoms with Gasteiger partial charge in [0.2, 0.25) is 0 Å². The third-order valence-corrected chi connectivity index (χ3v) is 4.21. The summed E-state index contributed by atoms with van der Waals surface area (Å²) in [7, 11) is 0. The Morgan fingerprint density at radius 3 is 2.68 bits per heavy atom. The maximum absolute atomic E-state index is 11.3. The summed E-state index contributed by atoms with van der Waals surface area (Å²) in [6.45, 7) is 1.77. The molecular weight excluding hydrogens is 344 g/mol. The molecule has 0 spiro atoms. The number of carboxylic acids is 1. The Morgan fingerprint density at radius 1 is 1.27 bits per heavy atom. The van der Waals surface area contributed by atoms with E-state index in [0.717, 1.165) is 21.3 Å². The van der Waals surface area contributed by atoms with Gasteiger partial charge in [-0.1, -0.05) is 46.3 Å². The second-order valence-electron chi connectivity index (χ2n) is 5.20. The predicted octanol–water partition coefficient (Wildman–Crippen LogP) is 3.99. The minimum Gasteiger partial charge on any atom is -0.480 e. The molecular formula is C17H15BrN2O2. The third-order valence-electron chi connectivity index (χ3n) is 3.71. The molecule has 0 aliphatic carbocycles. The van der Waals surface area contributed by atoms with Gasteiger partial charge in [-0.05, 0) is 30.7 Å². The van der Waals surface area contributed by atoms with E-state index >= 15 is 0 Å². The third kappa shape index (κ3) is 2.76. The van der Waals surface area contributed by atoms with Gasteiger partial charge in [0, 0.05) is 10.0 Å². The molecule has 112 valence electrons. The molecule has 2 aromatic rings. The molecule has 0 bridgehead atoms. The van der Waals surface area contributed by atoms with E-state index in [4.69, 9.17) is 0 Å². The van der Waals surface area contributed by atoms with E-state index in [0.29, 0.717) is 5.84 Å². The predicted molar refractivity (Wildman–Crippen MR) is 89.5 cm³/mol. The zero-order chi connectivity index (χ0) is 15.7. The monoisotopic (exact) mass is 358 g/mol. The van der Waals surface area contributed by atoms with Crippen LogP contribution in [0, 0.1) is 0 Å². The van der Waals surface area contributed by atoms with Crippen molar-refractivity contribution < 1.29 is 9.90 Å². The molecule has 0 radical (unpaired) electrons. The molecule has 0 aromatic heterocycles. The smallest absolute Gasteiger partial charge is 0.323 e. The lowest BCUT2D eigenvalue weighted by molar-refractivity contribution is -0.137.